The van der Waals surface area contributed by atoms with E-state index in [4.69, 9.17) is 4.74 Å². The molecule has 9 atom stereocenters. The molecule has 0 heterocycles. The monoisotopic (exact) mass is 537 g/mol. The molecular weight excluding hydrogens is 494 g/mol. The lowest BCUT2D eigenvalue weighted by Gasteiger charge is -2.57. The van der Waals surface area contributed by atoms with E-state index >= 15 is 0 Å². The molecule has 0 aliphatic heterocycles. The van der Waals surface area contributed by atoms with Crippen LogP contribution in [-0.4, -0.2) is 51.7 Å². The zero-order valence-corrected chi connectivity index (χ0v) is 23.9. The minimum Gasteiger partial charge on any atom is -0.458 e. The van der Waals surface area contributed by atoms with E-state index in [0.717, 1.165) is 5.56 Å². The molecule has 0 radical (unpaired) electrons. The average molecular weight is 538 g/mol. The Hall–Kier alpha value is -3.03. The van der Waals surface area contributed by atoms with E-state index in [9.17, 15) is 24.6 Å². The molecule has 0 saturated heterocycles. The van der Waals surface area contributed by atoms with Crippen LogP contribution in [0.4, 0.5) is 0 Å². The van der Waals surface area contributed by atoms with Crippen molar-refractivity contribution < 1.29 is 29.3 Å². The summed E-state index contributed by atoms with van der Waals surface area (Å²) in [5.41, 5.74) is -1.09. The molecule has 3 N–H and O–H groups in total. The standard InChI is InChI=1S/C32H43NO6/c1-19-12-11-15-25-29(36)21(3)20(2)28(26(33-22(4)34)18-24-13-9-8-10-14-24)32(25,7)27(39-23(5)35)16-17-31(6,38)30(19)37/h8-11,13-17,19-20,25-29,36,38H,3,12,18H2,1-2,4-7H3,(H,33,34)/b15-11+,17-16+/t19-,20+,25-,26-,27?,28-,29?,31+,32-/m0/s1. The molecule has 1 aromatic carbocycles. The van der Waals surface area contributed by atoms with E-state index in [1.807, 2.05) is 56.3 Å². The van der Waals surface area contributed by atoms with E-state index in [-0.39, 0.29) is 23.5 Å². The summed E-state index contributed by atoms with van der Waals surface area (Å²) in [5, 5.41) is 25.8. The lowest BCUT2D eigenvalue weighted by Crippen LogP contribution is -2.62. The SMILES string of the molecule is C=C1C(O)[C@@H]2/C=C/C[C@H](C)C(=O)[C@](C)(O)/C=C/C(OC(C)=O)[C@@]2(C)[C@H]([C@H](Cc2ccccc2)NC(C)=O)[C@@H]1C. The number of ether oxygens (including phenoxy) is 1. The maximum absolute atomic E-state index is 13.0. The second kappa shape index (κ2) is 12.0. The van der Waals surface area contributed by atoms with Crippen molar-refractivity contribution in [3.63, 3.8) is 0 Å². The number of nitrogens with one attached hydrogen (secondary N) is 1. The molecule has 2 unspecified atom stereocenters. The predicted octanol–water partition coefficient (Wildman–Crippen LogP) is 3.94. The number of benzene rings is 1. The minimum atomic E-state index is -1.78. The highest BCUT2D eigenvalue weighted by molar-refractivity contribution is 5.90. The van der Waals surface area contributed by atoms with E-state index in [1.165, 1.54) is 26.8 Å². The smallest absolute Gasteiger partial charge is 0.303 e. The maximum atomic E-state index is 13.0. The Morgan fingerprint density at radius 1 is 1.15 bits per heavy atom. The number of carbonyl (C=O) groups excluding carboxylic acids is 3. The Morgan fingerprint density at radius 2 is 1.79 bits per heavy atom. The molecule has 0 spiro atoms. The van der Waals surface area contributed by atoms with Crippen LogP contribution in [0.5, 0.6) is 0 Å². The molecule has 7 nitrogen and oxygen atoms in total. The normalized spacial score (nSPS) is 37.5. The number of rotatable bonds is 5. The molecule has 1 aromatic rings. The summed E-state index contributed by atoms with van der Waals surface area (Å²) in [6.07, 6.45) is 5.70. The lowest BCUT2D eigenvalue weighted by atomic mass is 9.50. The molecule has 1 fully saturated rings. The van der Waals surface area contributed by atoms with Crippen molar-refractivity contribution >= 4 is 17.7 Å². The number of ketones is 1. The number of carbonyl (C=O) groups is 3. The predicted molar refractivity (Wildman–Crippen MR) is 150 cm³/mol. The lowest BCUT2D eigenvalue weighted by molar-refractivity contribution is -0.163. The quantitative estimate of drug-likeness (QED) is 0.387. The Bertz CT molecular complexity index is 1140. The summed E-state index contributed by atoms with van der Waals surface area (Å²) < 4.78 is 5.92. The Kier molecular flexibility index (Phi) is 9.39. The first kappa shape index (κ1) is 30.5. The van der Waals surface area contributed by atoms with Crippen LogP contribution in [0.25, 0.3) is 0 Å². The number of aliphatic hydroxyl groups is 2. The van der Waals surface area contributed by atoms with Gasteiger partial charge in [-0.2, -0.15) is 0 Å². The van der Waals surface area contributed by atoms with Crippen LogP contribution >= 0.6 is 0 Å². The van der Waals surface area contributed by atoms with E-state index in [2.05, 4.69) is 11.9 Å². The number of fused-ring (bicyclic) bond motifs is 1. The number of amides is 1. The second-order valence-electron chi connectivity index (χ2n) is 11.7. The average Bonchev–Trinajstić information content (AvgIpc) is 2.87. The number of allylic oxidation sites excluding steroid dienone is 1. The fourth-order valence-electron chi connectivity index (χ4n) is 6.65. The molecule has 39 heavy (non-hydrogen) atoms. The van der Waals surface area contributed by atoms with E-state index in [0.29, 0.717) is 18.4 Å². The Balaban J connectivity index is 2.29. The molecule has 212 valence electrons. The third-order valence-corrected chi connectivity index (χ3v) is 8.68. The van der Waals surface area contributed by atoms with Gasteiger partial charge in [-0.05, 0) is 54.9 Å². The van der Waals surface area contributed by atoms with Crippen LogP contribution in [0.2, 0.25) is 0 Å². The van der Waals surface area contributed by atoms with Gasteiger partial charge < -0.3 is 20.3 Å². The molecule has 3 rings (SSSR count). The zero-order chi connectivity index (χ0) is 29.1. The van der Waals surface area contributed by atoms with Gasteiger partial charge in [-0.25, -0.2) is 0 Å². The summed E-state index contributed by atoms with van der Waals surface area (Å²) in [6, 6.07) is 9.41. The van der Waals surface area contributed by atoms with Crippen molar-refractivity contribution in [2.45, 2.75) is 78.2 Å². The summed E-state index contributed by atoms with van der Waals surface area (Å²) in [5.74, 6) is -2.73. The highest BCUT2D eigenvalue weighted by Gasteiger charge is 2.58. The van der Waals surface area contributed by atoms with Crippen molar-refractivity contribution in [2.24, 2.45) is 29.1 Å². The largest absolute Gasteiger partial charge is 0.458 e. The minimum absolute atomic E-state index is 0.200. The number of esters is 1. The van der Waals surface area contributed by atoms with Gasteiger partial charge in [0.15, 0.2) is 5.78 Å². The van der Waals surface area contributed by atoms with Gasteiger partial charge >= 0.3 is 5.97 Å². The summed E-state index contributed by atoms with van der Waals surface area (Å²) in [6.45, 7) is 14.1. The van der Waals surface area contributed by atoms with Crippen molar-refractivity contribution in [3.8, 4) is 0 Å². The Labute approximate surface area is 232 Å². The van der Waals surface area contributed by atoms with Gasteiger partial charge in [0.05, 0.1) is 6.10 Å². The first-order chi connectivity index (χ1) is 18.2. The van der Waals surface area contributed by atoms with Gasteiger partial charge in [-0.15, -0.1) is 0 Å². The molecule has 1 saturated carbocycles. The fraction of sp³-hybridized carbons (Fsp3) is 0.531. The molecule has 2 aliphatic carbocycles. The van der Waals surface area contributed by atoms with Crippen LogP contribution < -0.4 is 5.32 Å². The molecular formula is C32H43NO6. The van der Waals surface area contributed by atoms with Crippen LogP contribution in [0, 0.1) is 29.1 Å². The van der Waals surface area contributed by atoms with Gasteiger partial charge in [0.1, 0.15) is 11.7 Å². The summed E-state index contributed by atoms with van der Waals surface area (Å²) >= 11 is 0. The fourth-order valence-corrected chi connectivity index (χ4v) is 6.65. The molecule has 2 aliphatic rings. The van der Waals surface area contributed by atoms with Gasteiger partial charge in [0.25, 0.3) is 0 Å². The third-order valence-electron chi connectivity index (χ3n) is 8.68. The van der Waals surface area contributed by atoms with Crippen LogP contribution in [0.3, 0.4) is 0 Å². The topological polar surface area (TPSA) is 113 Å². The van der Waals surface area contributed by atoms with Crippen molar-refractivity contribution in [3.05, 3.63) is 72.4 Å². The molecule has 0 aromatic heterocycles. The number of hydrogen-bond acceptors (Lipinski definition) is 6. The highest BCUT2D eigenvalue weighted by Crippen LogP contribution is 2.55. The number of hydrogen-bond donors (Lipinski definition) is 3. The van der Waals surface area contributed by atoms with Crippen LogP contribution in [0.1, 0.15) is 53.5 Å². The first-order valence-electron chi connectivity index (χ1n) is 13.7. The third kappa shape index (κ3) is 6.42. The number of aliphatic hydroxyl groups excluding tert-OH is 1. The molecule has 7 heteroatoms. The van der Waals surface area contributed by atoms with Crippen LogP contribution in [-0.2, 0) is 25.5 Å². The van der Waals surface area contributed by atoms with Crippen LogP contribution in [0.15, 0.2) is 66.8 Å². The molecule has 1 amide bonds. The molecule has 0 bridgehead atoms. The second-order valence-corrected chi connectivity index (χ2v) is 11.7. The van der Waals surface area contributed by atoms with Crippen molar-refractivity contribution in [1.82, 2.24) is 5.32 Å². The zero-order valence-electron chi connectivity index (χ0n) is 23.9. The first-order valence-corrected chi connectivity index (χ1v) is 13.7. The van der Waals surface area contributed by atoms with Gasteiger partial charge in [-0.1, -0.05) is 69.8 Å². The van der Waals surface area contributed by atoms with Gasteiger partial charge in [0.2, 0.25) is 5.91 Å². The van der Waals surface area contributed by atoms with E-state index < -0.39 is 47.1 Å². The highest BCUT2D eigenvalue weighted by atomic mass is 16.5. The van der Waals surface area contributed by atoms with Gasteiger partial charge in [-0.3, -0.25) is 14.4 Å². The van der Waals surface area contributed by atoms with Crippen molar-refractivity contribution in [1.29, 1.82) is 0 Å². The summed E-state index contributed by atoms with van der Waals surface area (Å²) in [7, 11) is 0. The maximum Gasteiger partial charge on any atom is 0.303 e. The number of Topliss-reactive ketones (excluding diaryl/α,β-unsaturated/α-hetero) is 1. The van der Waals surface area contributed by atoms with E-state index in [1.54, 1.807) is 13.0 Å². The van der Waals surface area contributed by atoms with Gasteiger partial charge in [0, 0.05) is 37.1 Å². The Morgan fingerprint density at radius 3 is 2.38 bits per heavy atom. The summed E-state index contributed by atoms with van der Waals surface area (Å²) in [4.78, 5) is 38.0. The van der Waals surface area contributed by atoms with Crippen molar-refractivity contribution in [2.75, 3.05) is 0 Å².